The van der Waals surface area contributed by atoms with Gasteiger partial charge in [0, 0.05) is 40.3 Å². The monoisotopic (exact) mass is 372 g/mol. The molecule has 0 unspecified atom stereocenters. The van der Waals surface area contributed by atoms with Gasteiger partial charge in [-0.2, -0.15) is 0 Å². The lowest BCUT2D eigenvalue weighted by atomic mass is 10.1. The molecule has 2 N–H and O–H groups in total. The van der Waals surface area contributed by atoms with Gasteiger partial charge in [0.2, 0.25) is 0 Å². The fourth-order valence-corrected chi connectivity index (χ4v) is 4.57. The predicted molar refractivity (Wildman–Crippen MR) is 111 cm³/mol. The summed E-state index contributed by atoms with van der Waals surface area (Å²) in [5.74, 6) is -0.0114. The Labute approximate surface area is 159 Å². The van der Waals surface area contributed by atoms with Crippen LogP contribution in [-0.2, 0) is 0 Å². The number of thiophene rings is 1. The molecule has 0 fully saturated rings. The van der Waals surface area contributed by atoms with Crippen LogP contribution in [0.4, 0.5) is 5.69 Å². The molecule has 0 bridgehead atoms. The van der Waals surface area contributed by atoms with Crippen molar-refractivity contribution >= 4 is 50.0 Å². The maximum atomic E-state index is 12.3. The van der Waals surface area contributed by atoms with E-state index >= 15 is 0 Å². The van der Waals surface area contributed by atoms with Gasteiger partial charge in [0.15, 0.2) is 0 Å². The van der Waals surface area contributed by atoms with E-state index in [1.807, 2.05) is 30.3 Å². The molecule has 27 heavy (non-hydrogen) atoms. The minimum Gasteiger partial charge on any atom is -0.381 e. The van der Waals surface area contributed by atoms with Gasteiger partial charge in [-0.25, -0.2) is 4.98 Å². The molecule has 4 aromatic rings. The molecule has 3 aromatic heterocycles. The lowest BCUT2D eigenvalue weighted by molar-refractivity contribution is 0.0962. The van der Waals surface area contributed by atoms with Crippen molar-refractivity contribution < 1.29 is 4.79 Å². The minimum absolute atomic E-state index is 0.0114. The Bertz CT molecular complexity index is 1230. The molecule has 132 valence electrons. The number of fused-ring (bicyclic) bond motifs is 5. The van der Waals surface area contributed by atoms with Crippen LogP contribution in [0.1, 0.15) is 15.4 Å². The number of amides is 1. The second-order valence-electron chi connectivity index (χ2n) is 6.36. The first-order chi connectivity index (χ1) is 13.2. The van der Waals surface area contributed by atoms with Gasteiger partial charge in [0.25, 0.3) is 5.91 Å². The molecule has 1 aliphatic heterocycles. The maximum absolute atomic E-state index is 12.3. The first kappa shape index (κ1) is 16.0. The SMILES string of the molecule is C=Cc1cc(-c2ccc3c(ccc4sc5c(c43)NCCNC5=O)n2)ccn1. The molecule has 0 aliphatic carbocycles. The second-order valence-corrected chi connectivity index (χ2v) is 7.42. The van der Waals surface area contributed by atoms with Crippen LogP contribution in [0.5, 0.6) is 0 Å². The first-order valence-corrected chi connectivity index (χ1v) is 9.53. The van der Waals surface area contributed by atoms with Gasteiger partial charge in [-0.3, -0.25) is 9.78 Å². The van der Waals surface area contributed by atoms with E-state index in [1.54, 1.807) is 12.3 Å². The summed E-state index contributed by atoms with van der Waals surface area (Å²) >= 11 is 1.52. The summed E-state index contributed by atoms with van der Waals surface area (Å²) in [5.41, 5.74) is 4.54. The van der Waals surface area contributed by atoms with Crippen LogP contribution in [0.2, 0.25) is 0 Å². The number of aromatic nitrogens is 2. The Kier molecular flexibility index (Phi) is 3.65. The molecule has 0 saturated carbocycles. The van der Waals surface area contributed by atoms with Gasteiger partial charge in [-0.1, -0.05) is 6.58 Å². The Balaban J connectivity index is 1.73. The van der Waals surface area contributed by atoms with Crippen LogP contribution < -0.4 is 10.6 Å². The summed E-state index contributed by atoms with van der Waals surface area (Å²) in [7, 11) is 0. The molecule has 0 spiro atoms. The van der Waals surface area contributed by atoms with E-state index in [9.17, 15) is 4.79 Å². The van der Waals surface area contributed by atoms with E-state index in [0.29, 0.717) is 13.1 Å². The average Bonchev–Trinajstić information content (AvgIpc) is 3.00. The van der Waals surface area contributed by atoms with E-state index < -0.39 is 0 Å². The van der Waals surface area contributed by atoms with E-state index in [0.717, 1.165) is 48.5 Å². The van der Waals surface area contributed by atoms with Gasteiger partial charge in [-0.05, 0) is 42.5 Å². The topological polar surface area (TPSA) is 66.9 Å². The van der Waals surface area contributed by atoms with Gasteiger partial charge >= 0.3 is 0 Å². The highest BCUT2D eigenvalue weighted by molar-refractivity contribution is 7.21. The highest BCUT2D eigenvalue weighted by Gasteiger charge is 2.22. The smallest absolute Gasteiger partial charge is 0.263 e. The molecule has 4 heterocycles. The molecule has 0 atom stereocenters. The van der Waals surface area contributed by atoms with Crippen LogP contribution >= 0.6 is 11.3 Å². The van der Waals surface area contributed by atoms with Crippen molar-refractivity contribution in [1.82, 2.24) is 15.3 Å². The van der Waals surface area contributed by atoms with E-state index in [2.05, 4.69) is 28.3 Å². The van der Waals surface area contributed by atoms with Crippen molar-refractivity contribution in [3.8, 4) is 11.3 Å². The molecular formula is C21H16N4OS. The molecule has 5 nitrogen and oxygen atoms in total. The maximum Gasteiger partial charge on any atom is 0.263 e. The molecule has 0 radical (unpaired) electrons. The Morgan fingerprint density at radius 3 is 2.89 bits per heavy atom. The summed E-state index contributed by atoms with van der Waals surface area (Å²) in [6, 6.07) is 12.1. The number of hydrogen-bond donors (Lipinski definition) is 2. The largest absolute Gasteiger partial charge is 0.381 e. The fraction of sp³-hybridized carbons (Fsp3) is 0.0952. The van der Waals surface area contributed by atoms with Crippen LogP contribution in [0.15, 0.2) is 49.2 Å². The van der Waals surface area contributed by atoms with Crippen molar-refractivity contribution in [3.63, 3.8) is 0 Å². The van der Waals surface area contributed by atoms with Crippen LogP contribution in [-0.4, -0.2) is 29.0 Å². The van der Waals surface area contributed by atoms with E-state index in [1.165, 1.54) is 11.3 Å². The van der Waals surface area contributed by atoms with Crippen LogP contribution in [0.25, 0.3) is 38.3 Å². The van der Waals surface area contributed by atoms with Crippen molar-refractivity contribution in [2.75, 3.05) is 18.4 Å². The van der Waals surface area contributed by atoms with Gasteiger partial charge < -0.3 is 10.6 Å². The summed E-state index contributed by atoms with van der Waals surface area (Å²) in [6.45, 7) is 5.12. The molecule has 0 saturated heterocycles. The Morgan fingerprint density at radius 1 is 1.11 bits per heavy atom. The molecule has 1 amide bonds. The normalized spacial score (nSPS) is 13.7. The molecule has 6 heteroatoms. The quantitative estimate of drug-likeness (QED) is 0.550. The molecule has 5 rings (SSSR count). The Hall–Kier alpha value is -3.25. The van der Waals surface area contributed by atoms with E-state index in [4.69, 9.17) is 4.98 Å². The summed E-state index contributed by atoms with van der Waals surface area (Å²) in [4.78, 5) is 22.2. The second kappa shape index (κ2) is 6.17. The third kappa shape index (κ3) is 2.57. The number of carbonyl (C=O) groups is 1. The van der Waals surface area contributed by atoms with Crippen LogP contribution in [0, 0.1) is 0 Å². The summed E-state index contributed by atoms with van der Waals surface area (Å²) in [6.07, 6.45) is 3.49. The van der Waals surface area contributed by atoms with Crippen molar-refractivity contribution in [2.24, 2.45) is 0 Å². The standard InChI is InChI=1S/C21H16N4OS/c1-2-13-11-12(7-8-22-13)15-4-3-14-16(25-15)5-6-17-18(14)19-20(27-17)21(26)24-10-9-23-19/h2-8,11,23H,1,9-10H2,(H,24,26). The number of anilines is 1. The zero-order chi connectivity index (χ0) is 18.4. The molecular weight excluding hydrogens is 356 g/mol. The number of benzene rings is 1. The highest BCUT2D eigenvalue weighted by atomic mass is 32.1. The van der Waals surface area contributed by atoms with Gasteiger partial charge in [-0.15, -0.1) is 11.3 Å². The number of hydrogen-bond acceptors (Lipinski definition) is 5. The van der Waals surface area contributed by atoms with E-state index in [-0.39, 0.29) is 5.91 Å². The number of carbonyl (C=O) groups excluding carboxylic acids is 1. The fourth-order valence-electron chi connectivity index (χ4n) is 3.45. The van der Waals surface area contributed by atoms with Crippen molar-refractivity contribution in [3.05, 3.63) is 59.7 Å². The summed E-state index contributed by atoms with van der Waals surface area (Å²) in [5, 5.41) is 8.47. The third-order valence-corrected chi connectivity index (χ3v) is 5.88. The summed E-state index contributed by atoms with van der Waals surface area (Å²) < 4.78 is 1.09. The van der Waals surface area contributed by atoms with Crippen molar-refractivity contribution in [1.29, 1.82) is 0 Å². The number of rotatable bonds is 2. The highest BCUT2D eigenvalue weighted by Crippen LogP contribution is 2.40. The lowest BCUT2D eigenvalue weighted by Gasteiger charge is -2.07. The average molecular weight is 372 g/mol. The first-order valence-electron chi connectivity index (χ1n) is 8.72. The third-order valence-electron chi connectivity index (χ3n) is 4.73. The van der Waals surface area contributed by atoms with Gasteiger partial charge in [0.1, 0.15) is 4.88 Å². The molecule has 1 aliphatic rings. The predicted octanol–water partition coefficient (Wildman–Crippen LogP) is 4.31. The van der Waals surface area contributed by atoms with Crippen molar-refractivity contribution in [2.45, 2.75) is 0 Å². The Morgan fingerprint density at radius 2 is 2.00 bits per heavy atom. The zero-order valence-electron chi connectivity index (χ0n) is 14.5. The number of nitrogens with zero attached hydrogens (tertiary/aromatic N) is 2. The minimum atomic E-state index is -0.0114. The van der Waals surface area contributed by atoms with Gasteiger partial charge in [0.05, 0.1) is 22.6 Å². The molecule has 1 aromatic carbocycles. The number of nitrogens with one attached hydrogen (secondary N) is 2. The lowest BCUT2D eigenvalue weighted by Crippen LogP contribution is -2.24. The number of pyridine rings is 2. The zero-order valence-corrected chi connectivity index (χ0v) is 15.3. The van der Waals surface area contributed by atoms with Crippen LogP contribution in [0.3, 0.4) is 0 Å².